The minimum absolute atomic E-state index is 0.170. The van der Waals surface area contributed by atoms with Crippen molar-refractivity contribution in [2.45, 2.75) is 46.2 Å². The van der Waals surface area contributed by atoms with Crippen LogP contribution in [0.4, 0.5) is 5.69 Å². The van der Waals surface area contributed by atoms with Gasteiger partial charge in [0, 0.05) is 36.9 Å². The molecule has 3 heteroatoms. The van der Waals surface area contributed by atoms with E-state index in [1.54, 1.807) is 0 Å². The van der Waals surface area contributed by atoms with Crippen molar-refractivity contribution in [3.8, 4) is 0 Å². The van der Waals surface area contributed by atoms with Gasteiger partial charge < -0.3 is 9.80 Å². The number of amides is 1. The summed E-state index contributed by atoms with van der Waals surface area (Å²) in [7, 11) is 0. The van der Waals surface area contributed by atoms with Gasteiger partial charge in [0.25, 0.3) is 5.91 Å². The zero-order valence-electron chi connectivity index (χ0n) is 15.5. The molecule has 0 N–H and O–H groups in total. The van der Waals surface area contributed by atoms with Gasteiger partial charge >= 0.3 is 0 Å². The number of benzene rings is 2. The Hall–Kier alpha value is -2.29. The van der Waals surface area contributed by atoms with E-state index in [4.69, 9.17) is 0 Å². The number of carbonyl (C=O) groups is 1. The molecule has 0 aliphatic carbocycles. The molecule has 1 saturated heterocycles. The van der Waals surface area contributed by atoms with E-state index < -0.39 is 0 Å². The van der Waals surface area contributed by atoms with Gasteiger partial charge in [-0.05, 0) is 63.4 Å². The van der Waals surface area contributed by atoms with Gasteiger partial charge in [0.15, 0.2) is 0 Å². The first kappa shape index (κ1) is 17.5. The summed E-state index contributed by atoms with van der Waals surface area (Å²) in [6.45, 7) is 9.18. The summed E-state index contributed by atoms with van der Waals surface area (Å²) in [6, 6.07) is 17.2. The largest absolute Gasteiger partial charge is 0.365 e. The molecule has 1 fully saturated rings. The molecular weight excluding hydrogens is 308 g/mol. The second-order valence-corrected chi connectivity index (χ2v) is 7.25. The molecule has 0 aromatic heterocycles. The van der Waals surface area contributed by atoms with Gasteiger partial charge in [-0.2, -0.15) is 0 Å². The summed E-state index contributed by atoms with van der Waals surface area (Å²) >= 11 is 0. The Bertz CT molecular complexity index is 698. The standard InChI is InChI=1S/C22H28N2O/c1-17(2)24(21-12-6-18(3)7-13-21)16-19-8-10-20(11-9-19)22(25)23-14-4-5-15-23/h6-13,17H,4-5,14-16H2,1-3H3. The van der Waals surface area contributed by atoms with E-state index >= 15 is 0 Å². The van der Waals surface area contributed by atoms with Crippen LogP contribution in [-0.4, -0.2) is 29.9 Å². The summed E-state index contributed by atoms with van der Waals surface area (Å²) < 4.78 is 0. The van der Waals surface area contributed by atoms with Crippen LogP contribution in [-0.2, 0) is 6.54 Å². The lowest BCUT2D eigenvalue weighted by atomic mass is 10.1. The minimum atomic E-state index is 0.170. The third-order valence-electron chi connectivity index (χ3n) is 4.94. The topological polar surface area (TPSA) is 23.6 Å². The van der Waals surface area contributed by atoms with Crippen LogP contribution >= 0.6 is 0 Å². The molecule has 25 heavy (non-hydrogen) atoms. The van der Waals surface area contributed by atoms with Gasteiger partial charge in [0.1, 0.15) is 0 Å². The molecule has 3 rings (SSSR count). The lowest BCUT2D eigenvalue weighted by molar-refractivity contribution is 0.0793. The van der Waals surface area contributed by atoms with Crippen LogP contribution in [0.1, 0.15) is 48.2 Å². The Morgan fingerprint density at radius 3 is 2.16 bits per heavy atom. The predicted octanol–water partition coefficient (Wildman–Crippen LogP) is 4.65. The Morgan fingerprint density at radius 2 is 1.60 bits per heavy atom. The Labute approximate surface area is 151 Å². The van der Waals surface area contributed by atoms with Crippen LogP contribution in [0.15, 0.2) is 48.5 Å². The third kappa shape index (κ3) is 4.22. The maximum atomic E-state index is 12.5. The van der Waals surface area contributed by atoms with Gasteiger partial charge in [-0.25, -0.2) is 0 Å². The fourth-order valence-electron chi connectivity index (χ4n) is 3.36. The highest BCUT2D eigenvalue weighted by molar-refractivity contribution is 5.94. The molecule has 1 aliphatic heterocycles. The van der Waals surface area contributed by atoms with E-state index in [1.807, 2.05) is 17.0 Å². The molecule has 132 valence electrons. The number of hydrogen-bond donors (Lipinski definition) is 0. The monoisotopic (exact) mass is 336 g/mol. The van der Waals surface area contributed by atoms with Gasteiger partial charge in [0.2, 0.25) is 0 Å². The molecule has 3 nitrogen and oxygen atoms in total. The highest BCUT2D eigenvalue weighted by atomic mass is 16.2. The number of likely N-dealkylation sites (tertiary alicyclic amines) is 1. The first-order chi connectivity index (χ1) is 12.0. The van der Waals surface area contributed by atoms with Crippen molar-refractivity contribution in [3.63, 3.8) is 0 Å². The van der Waals surface area contributed by atoms with Crippen molar-refractivity contribution in [1.82, 2.24) is 4.90 Å². The van der Waals surface area contributed by atoms with Crippen molar-refractivity contribution in [2.75, 3.05) is 18.0 Å². The maximum absolute atomic E-state index is 12.5. The fraction of sp³-hybridized carbons (Fsp3) is 0.409. The molecule has 1 aliphatic rings. The predicted molar refractivity (Wildman–Crippen MR) is 104 cm³/mol. The SMILES string of the molecule is Cc1ccc(N(Cc2ccc(C(=O)N3CCCC3)cc2)C(C)C)cc1. The average Bonchev–Trinajstić information content (AvgIpc) is 3.15. The normalized spacial score (nSPS) is 14.2. The van der Waals surface area contributed by atoms with Crippen molar-refractivity contribution in [3.05, 3.63) is 65.2 Å². The quantitative estimate of drug-likeness (QED) is 0.794. The molecule has 0 bridgehead atoms. The summed E-state index contributed by atoms with van der Waals surface area (Å²) in [5.41, 5.74) is 4.54. The summed E-state index contributed by atoms with van der Waals surface area (Å²) in [5.74, 6) is 0.170. The van der Waals surface area contributed by atoms with Crippen LogP contribution in [0.5, 0.6) is 0 Å². The van der Waals surface area contributed by atoms with Crippen LogP contribution in [0.2, 0.25) is 0 Å². The van der Waals surface area contributed by atoms with E-state index in [0.29, 0.717) is 6.04 Å². The van der Waals surface area contributed by atoms with Crippen molar-refractivity contribution < 1.29 is 4.79 Å². The van der Waals surface area contributed by atoms with E-state index in [2.05, 4.69) is 62.1 Å². The summed E-state index contributed by atoms with van der Waals surface area (Å²) in [6.07, 6.45) is 2.26. The molecule has 0 atom stereocenters. The lowest BCUT2D eigenvalue weighted by Gasteiger charge is -2.29. The van der Waals surface area contributed by atoms with Crippen molar-refractivity contribution in [1.29, 1.82) is 0 Å². The molecule has 2 aromatic carbocycles. The Morgan fingerprint density at radius 1 is 1.00 bits per heavy atom. The van der Waals surface area contributed by atoms with Crippen LogP contribution < -0.4 is 4.90 Å². The second kappa shape index (κ2) is 7.73. The highest BCUT2D eigenvalue weighted by Gasteiger charge is 2.19. The van der Waals surface area contributed by atoms with E-state index in [0.717, 1.165) is 38.0 Å². The smallest absolute Gasteiger partial charge is 0.253 e. The average molecular weight is 336 g/mol. The first-order valence-corrected chi connectivity index (χ1v) is 9.26. The number of carbonyl (C=O) groups excluding carboxylic acids is 1. The van der Waals surface area contributed by atoms with Crippen LogP contribution in [0.25, 0.3) is 0 Å². The van der Waals surface area contributed by atoms with E-state index in [-0.39, 0.29) is 5.91 Å². The van der Waals surface area contributed by atoms with E-state index in [1.165, 1.54) is 16.8 Å². The summed E-state index contributed by atoms with van der Waals surface area (Å²) in [4.78, 5) is 16.8. The van der Waals surface area contributed by atoms with Gasteiger partial charge in [-0.3, -0.25) is 4.79 Å². The molecule has 1 heterocycles. The van der Waals surface area contributed by atoms with Gasteiger partial charge in [-0.15, -0.1) is 0 Å². The van der Waals surface area contributed by atoms with Gasteiger partial charge in [0.05, 0.1) is 0 Å². The van der Waals surface area contributed by atoms with Gasteiger partial charge in [-0.1, -0.05) is 29.8 Å². The van der Waals surface area contributed by atoms with Crippen LogP contribution in [0.3, 0.4) is 0 Å². The molecule has 0 saturated carbocycles. The molecular formula is C22H28N2O. The zero-order chi connectivity index (χ0) is 17.8. The highest BCUT2D eigenvalue weighted by Crippen LogP contribution is 2.21. The fourth-order valence-corrected chi connectivity index (χ4v) is 3.36. The Kier molecular flexibility index (Phi) is 5.42. The van der Waals surface area contributed by atoms with Crippen molar-refractivity contribution in [2.24, 2.45) is 0 Å². The van der Waals surface area contributed by atoms with Crippen LogP contribution in [0, 0.1) is 6.92 Å². The van der Waals surface area contributed by atoms with Crippen molar-refractivity contribution >= 4 is 11.6 Å². The molecule has 1 amide bonds. The minimum Gasteiger partial charge on any atom is -0.365 e. The lowest BCUT2D eigenvalue weighted by Crippen LogP contribution is -2.30. The number of nitrogens with zero attached hydrogens (tertiary/aromatic N) is 2. The number of anilines is 1. The molecule has 0 unspecified atom stereocenters. The first-order valence-electron chi connectivity index (χ1n) is 9.26. The second-order valence-electron chi connectivity index (χ2n) is 7.25. The number of aryl methyl sites for hydroxylation is 1. The van der Waals surface area contributed by atoms with E-state index in [9.17, 15) is 4.79 Å². The molecule has 0 spiro atoms. The molecule has 2 aromatic rings. The zero-order valence-corrected chi connectivity index (χ0v) is 15.5. The maximum Gasteiger partial charge on any atom is 0.253 e. The summed E-state index contributed by atoms with van der Waals surface area (Å²) in [5, 5.41) is 0. The third-order valence-corrected chi connectivity index (χ3v) is 4.94. The Balaban J connectivity index is 1.72. The number of hydrogen-bond acceptors (Lipinski definition) is 2. The number of rotatable bonds is 5. The molecule has 0 radical (unpaired) electrons.